The number of hydrogen-bond donors (Lipinski definition) is 4. The van der Waals surface area contributed by atoms with Crippen molar-refractivity contribution in [2.45, 2.75) is 62.5 Å². The van der Waals surface area contributed by atoms with E-state index in [1.165, 1.54) is 17.8 Å². The molecule has 214 valence electrons. The van der Waals surface area contributed by atoms with Gasteiger partial charge in [0.2, 0.25) is 11.8 Å². The third kappa shape index (κ3) is 5.43. The maximum Gasteiger partial charge on any atom is 0.326 e. The van der Waals surface area contributed by atoms with Gasteiger partial charge in [0.05, 0.1) is 28.2 Å². The van der Waals surface area contributed by atoms with E-state index in [0.717, 1.165) is 49.9 Å². The molecule has 4 aliphatic rings. The van der Waals surface area contributed by atoms with Gasteiger partial charge in [-0.3, -0.25) is 14.5 Å². The summed E-state index contributed by atoms with van der Waals surface area (Å²) in [7, 11) is 0. The average Bonchev–Trinajstić information content (AvgIpc) is 3.35. The molecule has 2 aromatic rings. The van der Waals surface area contributed by atoms with E-state index in [0.29, 0.717) is 22.2 Å². The van der Waals surface area contributed by atoms with Crippen LogP contribution >= 0.6 is 11.8 Å². The normalized spacial score (nSPS) is 27.0. The maximum atomic E-state index is 13.6. The van der Waals surface area contributed by atoms with Crippen molar-refractivity contribution in [2.24, 2.45) is 5.92 Å². The quantitative estimate of drug-likeness (QED) is 0.372. The number of aryl methyl sites for hydroxylation is 1. The Morgan fingerprint density at radius 3 is 2.63 bits per heavy atom. The molecular formula is C30H34N6O4S. The van der Waals surface area contributed by atoms with Crippen molar-refractivity contribution >= 4 is 35.3 Å². The zero-order chi connectivity index (χ0) is 28.5. The Kier molecular flexibility index (Phi) is 7.72. The number of piperidine rings is 1. The summed E-state index contributed by atoms with van der Waals surface area (Å²) in [5, 5.41) is 12.7. The predicted octanol–water partition coefficient (Wildman–Crippen LogP) is 3.70. The lowest BCUT2D eigenvalue weighted by Gasteiger charge is -2.46. The van der Waals surface area contributed by atoms with Gasteiger partial charge >= 0.3 is 6.03 Å². The molecule has 5 atom stereocenters. The third-order valence-corrected chi connectivity index (χ3v) is 9.58. The zero-order valence-corrected chi connectivity index (χ0v) is 23.7. The Morgan fingerprint density at radius 1 is 1.15 bits per heavy atom. The number of urea groups is 1. The number of benzene rings is 1. The number of thioether (sulfide) groups is 1. The van der Waals surface area contributed by atoms with Crippen LogP contribution in [0.2, 0.25) is 0 Å². The summed E-state index contributed by atoms with van der Waals surface area (Å²) in [6.07, 6.45) is 7.24. The van der Waals surface area contributed by atoms with Crippen molar-refractivity contribution < 1.29 is 19.1 Å². The highest BCUT2D eigenvalue weighted by Gasteiger charge is 2.52. The molecule has 1 aromatic carbocycles. The molecule has 4 N–H and O–H groups in total. The number of nitrogens with zero attached hydrogens (tertiary/aromatic N) is 2. The monoisotopic (exact) mass is 574 g/mol. The Bertz CT molecular complexity index is 1400. The number of pyridine rings is 1. The van der Waals surface area contributed by atoms with Crippen molar-refractivity contribution in [3.63, 3.8) is 0 Å². The standard InChI is InChI=1S/C30H34N6O4S/c1-3-23(37)33-19-11-7-8-12-20(19)34-28(38)27-26-25-21(13-14-31-29(25)41-27)36(30(39)35-26)22-16-32-24(15-17(22)2)40-18-9-5-4-6-10-18/h3-6,9-10,15-16,19-21,25,29,31H,1,7-8,11-14H2,2H3,(H,33,37)(H,34,38)(H,35,39)/t19-,20-,21?,25?,29?/m1/s1. The molecule has 6 rings (SSSR count). The van der Waals surface area contributed by atoms with E-state index >= 15 is 0 Å². The van der Waals surface area contributed by atoms with E-state index in [9.17, 15) is 14.4 Å². The third-order valence-electron chi connectivity index (χ3n) is 8.23. The lowest BCUT2D eigenvalue weighted by molar-refractivity contribution is -0.120. The molecule has 11 heteroatoms. The summed E-state index contributed by atoms with van der Waals surface area (Å²) in [5.41, 5.74) is 2.27. The van der Waals surface area contributed by atoms with Crippen molar-refractivity contribution in [1.29, 1.82) is 0 Å². The minimum Gasteiger partial charge on any atom is -0.439 e. The molecule has 10 nitrogen and oxygen atoms in total. The first-order chi connectivity index (χ1) is 19.9. The van der Waals surface area contributed by atoms with Crippen molar-refractivity contribution in [3.8, 4) is 11.6 Å². The van der Waals surface area contributed by atoms with Crippen LogP contribution in [-0.4, -0.2) is 52.9 Å². The number of rotatable bonds is 7. The van der Waals surface area contributed by atoms with Gasteiger partial charge in [-0.1, -0.05) is 49.4 Å². The first kappa shape index (κ1) is 27.3. The van der Waals surface area contributed by atoms with Crippen molar-refractivity contribution in [1.82, 2.24) is 26.3 Å². The number of carbonyl (C=O) groups is 3. The number of para-hydroxylation sites is 1. The van der Waals surface area contributed by atoms with Gasteiger partial charge in [0.1, 0.15) is 5.75 Å². The van der Waals surface area contributed by atoms with E-state index in [2.05, 4.69) is 32.8 Å². The second kappa shape index (κ2) is 11.6. The topological polar surface area (TPSA) is 125 Å². The molecule has 4 amide bonds. The number of aromatic nitrogens is 1. The summed E-state index contributed by atoms with van der Waals surface area (Å²) < 4.78 is 5.89. The lowest BCUT2D eigenvalue weighted by atomic mass is 9.86. The number of carbonyl (C=O) groups excluding carboxylic acids is 3. The molecule has 0 bridgehead atoms. The highest BCUT2D eigenvalue weighted by Crippen LogP contribution is 2.48. The molecule has 2 saturated heterocycles. The van der Waals surface area contributed by atoms with E-state index in [1.54, 1.807) is 11.1 Å². The summed E-state index contributed by atoms with van der Waals surface area (Å²) in [6, 6.07) is 10.6. The van der Waals surface area contributed by atoms with Gasteiger partial charge in [0.25, 0.3) is 5.91 Å². The Morgan fingerprint density at radius 2 is 1.90 bits per heavy atom. The Balaban J connectivity index is 1.23. The summed E-state index contributed by atoms with van der Waals surface area (Å²) in [4.78, 5) is 46.0. The molecular weight excluding hydrogens is 540 g/mol. The van der Waals surface area contributed by atoms with Crippen LogP contribution in [0.25, 0.3) is 0 Å². The molecule has 1 aromatic heterocycles. The largest absolute Gasteiger partial charge is 0.439 e. The average molecular weight is 575 g/mol. The lowest BCUT2D eigenvalue weighted by Crippen LogP contribution is -2.62. The fourth-order valence-corrected chi connectivity index (χ4v) is 7.69. The number of ether oxygens (including phenoxy) is 1. The first-order valence-corrected chi connectivity index (χ1v) is 15.0. The minimum atomic E-state index is -0.273. The first-order valence-electron chi connectivity index (χ1n) is 14.1. The second-order valence-corrected chi connectivity index (χ2v) is 12.0. The maximum absolute atomic E-state index is 13.6. The van der Waals surface area contributed by atoms with Crippen LogP contribution in [0.5, 0.6) is 11.6 Å². The van der Waals surface area contributed by atoms with Crippen LogP contribution in [0.3, 0.4) is 0 Å². The molecule has 3 aliphatic heterocycles. The van der Waals surface area contributed by atoms with Crippen LogP contribution in [0, 0.1) is 12.8 Å². The zero-order valence-electron chi connectivity index (χ0n) is 22.9. The van der Waals surface area contributed by atoms with Crippen LogP contribution in [0.15, 0.2) is 65.9 Å². The van der Waals surface area contributed by atoms with Gasteiger partial charge < -0.3 is 26.0 Å². The molecule has 0 radical (unpaired) electrons. The van der Waals surface area contributed by atoms with E-state index < -0.39 is 0 Å². The van der Waals surface area contributed by atoms with Gasteiger partial charge in [-0.15, -0.1) is 0 Å². The second-order valence-electron chi connectivity index (χ2n) is 10.8. The predicted molar refractivity (Wildman–Crippen MR) is 157 cm³/mol. The number of amides is 4. The van der Waals surface area contributed by atoms with Crippen LogP contribution < -0.4 is 30.9 Å². The van der Waals surface area contributed by atoms with Gasteiger partial charge in [0, 0.05) is 29.8 Å². The van der Waals surface area contributed by atoms with Crippen molar-refractivity contribution in [3.05, 3.63) is 71.4 Å². The highest BCUT2D eigenvalue weighted by atomic mass is 32.2. The molecule has 3 unspecified atom stereocenters. The fraction of sp³-hybridized carbons (Fsp3) is 0.400. The van der Waals surface area contributed by atoms with Gasteiger partial charge in [-0.05, 0) is 56.5 Å². The summed E-state index contributed by atoms with van der Waals surface area (Å²) >= 11 is 1.47. The number of hydrogen-bond acceptors (Lipinski definition) is 7. The molecule has 41 heavy (non-hydrogen) atoms. The van der Waals surface area contributed by atoms with Crippen LogP contribution in [0.1, 0.15) is 37.7 Å². The van der Waals surface area contributed by atoms with Crippen LogP contribution in [0.4, 0.5) is 10.5 Å². The fourth-order valence-electron chi connectivity index (χ4n) is 6.29. The molecule has 0 spiro atoms. The minimum absolute atomic E-state index is 0.0378. The van der Waals surface area contributed by atoms with Gasteiger partial charge in [-0.25, -0.2) is 9.78 Å². The van der Waals surface area contributed by atoms with Gasteiger partial charge in [-0.2, -0.15) is 0 Å². The molecule has 3 fully saturated rings. The SMILES string of the molecule is C=CC(=O)N[C@@H]1CCCC[C@H]1NC(=O)C1=C2NC(=O)N(c3cnc(Oc4ccccc4)cc3C)C3CCNC(S1)C23. The van der Waals surface area contributed by atoms with E-state index in [-0.39, 0.29) is 47.3 Å². The van der Waals surface area contributed by atoms with E-state index in [1.807, 2.05) is 43.3 Å². The number of nitrogens with one attached hydrogen (secondary N) is 4. The van der Waals surface area contributed by atoms with Crippen molar-refractivity contribution in [2.75, 3.05) is 11.4 Å². The molecule has 4 heterocycles. The Hall–Kier alpha value is -3.83. The number of anilines is 1. The highest BCUT2D eigenvalue weighted by molar-refractivity contribution is 8.04. The molecule has 1 aliphatic carbocycles. The summed E-state index contributed by atoms with van der Waals surface area (Å²) in [6.45, 7) is 6.21. The Labute approximate surface area is 243 Å². The summed E-state index contributed by atoms with van der Waals surface area (Å²) in [5.74, 6) is 0.623. The van der Waals surface area contributed by atoms with Crippen LogP contribution in [-0.2, 0) is 9.59 Å². The van der Waals surface area contributed by atoms with E-state index in [4.69, 9.17) is 4.74 Å². The van der Waals surface area contributed by atoms with Gasteiger partial charge in [0.15, 0.2) is 0 Å². The smallest absolute Gasteiger partial charge is 0.326 e. The molecule has 1 saturated carbocycles.